The molecule has 11 heteroatoms. The number of sulfonamides is 1. The number of halogens is 3. The van der Waals surface area contributed by atoms with E-state index in [9.17, 15) is 21.6 Å². The zero-order valence-electron chi connectivity index (χ0n) is 17.0. The average Bonchev–Trinajstić information content (AvgIpc) is 2.77. The zero-order valence-corrected chi connectivity index (χ0v) is 17.8. The van der Waals surface area contributed by atoms with Gasteiger partial charge in [0.1, 0.15) is 12.4 Å². The number of alkyl halides is 3. The Hall–Kier alpha value is -3.18. The minimum Gasteiger partial charge on any atom is -0.494 e. The van der Waals surface area contributed by atoms with Gasteiger partial charge < -0.3 is 9.47 Å². The summed E-state index contributed by atoms with van der Waals surface area (Å²) in [6.45, 7) is 2.33. The molecule has 0 radical (unpaired) electrons. The molecule has 0 aliphatic rings. The van der Waals surface area contributed by atoms with Crippen molar-refractivity contribution in [2.24, 2.45) is 0 Å². The van der Waals surface area contributed by atoms with Crippen molar-refractivity contribution >= 4 is 10.0 Å². The maximum atomic E-state index is 12.6. The Balaban J connectivity index is 1.51. The van der Waals surface area contributed by atoms with Crippen LogP contribution in [0.4, 0.5) is 13.2 Å². The van der Waals surface area contributed by atoms with E-state index in [0.29, 0.717) is 24.4 Å². The normalized spacial score (nSPS) is 11.9. The van der Waals surface area contributed by atoms with E-state index in [0.717, 1.165) is 23.4 Å². The van der Waals surface area contributed by atoms with Crippen molar-refractivity contribution in [3.63, 3.8) is 0 Å². The lowest BCUT2D eigenvalue weighted by Gasteiger charge is -2.10. The van der Waals surface area contributed by atoms with Gasteiger partial charge in [-0.15, -0.1) is 10.2 Å². The largest absolute Gasteiger partial charge is 0.494 e. The highest BCUT2D eigenvalue weighted by Gasteiger charge is 2.30. The van der Waals surface area contributed by atoms with E-state index >= 15 is 0 Å². The summed E-state index contributed by atoms with van der Waals surface area (Å²) in [6.07, 6.45) is -4.53. The number of benzene rings is 2. The number of nitrogens with zero attached hydrogens (tertiary/aromatic N) is 2. The quantitative estimate of drug-likeness (QED) is 0.480. The van der Waals surface area contributed by atoms with Gasteiger partial charge in [-0.25, -0.2) is 13.1 Å². The predicted octanol–water partition coefficient (Wildman–Crippen LogP) is 3.92. The highest BCUT2D eigenvalue weighted by Crippen LogP contribution is 2.29. The Morgan fingerprint density at radius 1 is 0.906 bits per heavy atom. The van der Waals surface area contributed by atoms with Crippen LogP contribution in [0.5, 0.6) is 11.6 Å². The SMILES string of the molecule is CCOc1ccc(-c2ccc(OCCNS(=O)(=O)c3ccc(C(F)(F)F)cc3)nn2)cc1. The number of rotatable bonds is 9. The summed E-state index contributed by atoms with van der Waals surface area (Å²) in [5, 5.41) is 8.03. The lowest BCUT2D eigenvalue weighted by atomic mass is 10.1. The van der Waals surface area contributed by atoms with Gasteiger partial charge in [-0.3, -0.25) is 0 Å². The Kier molecular flexibility index (Phi) is 7.31. The first-order valence-electron chi connectivity index (χ1n) is 9.56. The summed E-state index contributed by atoms with van der Waals surface area (Å²) in [5.41, 5.74) is 0.548. The van der Waals surface area contributed by atoms with Crippen LogP contribution in [0.15, 0.2) is 65.6 Å². The Morgan fingerprint density at radius 3 is 2.16 bits per heavy atom. The highest BCUT2D eigenvalue weighted by atomic mass is 32.2. The third kappa shape index (κ3) is 6.17. The molecule has 170 valence electrons. The van der Waals surface area contributed by atoms with Crippen LogP contribution in [0, 0.1) is 0 Å². The monoisotopic (exact) mass is 467 g/mol. The maximum Gasteiger partial charge on any atom is 0.416 e. The fourth-order valence-electron chi connectivity index (χ4n) is 2.68. The van der Waals surface area contributed by atoms with E-state index in [1.54, 1.807) is 12.1 Å². The molecule has 0 aliphatic carbocycles. The molecule has 32 heavy (non-hydrogen) atoms. The average molecular weight is 467 g/mol. The van der Waals surface area contributed by atoms with Gasteiger partial charge in [0.15, 0.2) is 0 Å². The summed E-state index contributed by atoms with van der Waals surface area (Å²) >= 11 is 0. The first kappa shape index (κ1) is 23.5. The third-order valence-corrected chi connectivity index (χ3v) is 5.71. The topological polar surface area (TPSA) is 90.4 Å². The molecule has 3 aromatic rings. The van der Waals surface area contributed by atoms with Crippen molar-refractivity contribution < 1.29 is 31.1 Å². The van der Waals surface area contributed by atoms with Crippen molar-refractivity contribution in [2.75, 3.05) is 19.8 Å². The highest BCUT2D eigenvalue weighted by molar-refractivity contribution is 7.89. The first-order valence-corrected chi connectivity index (χ1v) is 11.0. The van der Waals surface area contributed by atoms with Crippen LogP contribution in [0.1, 0.15) is 12.5 Å². The van der Waals surface area contributed by atoms with Crippen molar-refractivity contribution in [3.05, 3.63) is 66.2 Å². The molecule has 0 unspecified atom stereocenters. The predicted molar refractivity (Wildman–Crippen MR) is 111 cm³/mol. The van der Waals surface area contributed by atoms with Gasteiger partial charge in [-0.2, -0.15) is 13.2 Å². The van der Waals surface area contributed by atoms with Crippen molar-refractivity contribution in [3.8, 4) is 22.9 Å². The first-order chi connectivity index (χ1) is 15.2. The van der Waals surface area contributed by atoms with Gasteiger partial charge in [0.25, 0.3) is 0 Å². The second kappa shape index (κ2) is 9.96. The summed E-state index contributed by atoms with van der Waals surface area (Å²) in [4.78, 5) is -0.273. The van der Waals surface area contributed by atoms with Crippen LogP contribution in [0.25, 0.3) is 11.3 Å². The molecule has 3 rings (SSSR count). The molecule has 0 fully saturated rings. The van der Waals surface area contributed by atoms with E-state index in [1.165, 1.54) is 0 Å². The molecule has 0 bridgehead atoms. The molecule has 0 saturated heterocycles. The van der Waals surface area contributed by atoms with E-state index in [1.807, 2.05) is 31.2 Å². The number of hydrogen-bond donors (Lipinski definition) is 1. The zero-order chi connectivity index (χ0) is 23.2. The van der Waals surface area contributed by atoms with Crippen molar-refractivity contribution in [1.82, 2.24) is 14.9 Å². The van der Waals surface area contributed by atoms with Crippen LogP contribution in [-0.4, -0.2) is 38.4 Å². The lowest BCUT2D eigenvalue weighted by molar-refractivity contribution is -0.137. The van der Waals surface area contributed by atoms with Crippen LogP contribution >= 0.6 is 0 Å². The molecule has 2 aromatic carbocycles. The van der Waals surface area contributed by atoms with Gasteiger partial charge in [-0.05, 0) is 61.5 Å². The molecular weight excluding hydrogens is 447 g/mol. The molecule has 0 aliphatic heterocycles. The molecule has 0 amide bonds. The third-order valence-electron chi connectivity index (χ3n) is 4.24. The number of aromatic nitrogens is 2. The minimum atomic E-state index is -4.53. The fourth-order valence-corrected chi connectivity index (χ4v) is 3.69. The van der Waals surface area contributed by atoms with E-state index in [-0.39, 0.29) is 23.9 Å². The van der Waals surface area contributed by atoms with Gasteiger partial charge in [0.05, 0.1) is 22.8 Å². The fraction of sp³-hybridized carbons (Fsp3) is 0.238. The smallest absolute Gasteiger partial charge is 0.416 e. The van der Waals surface area contributed by atoms with E-state index in [2.05, 4.69) is 14.9 Å². The van der Waals surface area contributed by atoms with Gasteiger partial charge in [0, 0.05) is 18.2 Å². The van der Waals surface area contributed by atoms with Gasteiger partial charge in [-0.1, -0.05) is 0 Å². The Labute approximate surface area is 183 Å². The number of hydrogen-bond acceptors (Lipinski definition) is 6. The molecule has 1 N–H and O–H groups in total. The van der Waals surface area contributed by atoms with Crippen LogP contribution in [0.3, 0.4) is 0 Å². The standard InChI is InChI=1S/C21H20F3N3O4S/c1-2-30-17-7-3-15(4-8-17)19-11-12-20(27-26-19)31-14-13-25-32(28,29)18-9-5-16(6-10-18)21(22,23)24/h3-12,25H,2,13-14H2,1H3. The Bertz CT molecular complexity index is 1120. The summed E-state index contributed by atoms with van der Waals surface area (Å²) in [5.74, 6) is 0.955. The molecule has 0 atom stereocenters. The summed E-state index contributed by atoms with van der Waals surface area (Å²) in [7, 11) is -3.97. The number of ether oxygens (including phenoxy) is 2. The maximum absolute atomic E-state index is 12.6. The Morgan fingerprint density at radius 2 is 1.59 bits per heavy atom. The van der Waals surface area contributed by atoms with Crippen LogP contribution in [-0.2, 0) is 16.2 Å². The summed E-state index contributed by atoms with van der Waals surface area (Å²) < 4.78 is 75.2. The molecular formula is C21H20F3N3O4S. The van der Waals surface area contributed by atoms with Crippen molar-refractivity contribution in [1.29, 1.82) is 0 Å². The van der Waals surface area contributed by atoms with Gasteiger partial charge in [0.2, 0.25) is 15.9 Å². The van der Waals surface area contributed by atoms with E-state index < -0.39 is 21.8 Å². The second-order valence-corrected chi connectivity index (χ2v) is 8.25. The van der Waals surface area contributed by atoms with Gasteiger partial charge >= 0.3 is 6.18 Å². The molecule has 0 saturated carbocycles. The van der Waals surface area contributed by atoms with Crippen LogP contribution < -0.4 is 14.2 Å². The van der Waals surface area contributed by atoms with Crippen LogP contribution in [0.2, 0.25) is 0 Å². The lowest BCUT2D eigenvalue weighted by Crippen LogP contribution is -2.28. The molecule has 7 nitrogen and oxygen atoms in total. The number of nitrogens with one attached hydrogen (secondary N) is 1. The second-order valence-electron chi connectivity index (χ2n) is 6.48. The minimum absolute atomic E-state index is 0.0447. The van der Waals surface area contributed by atoms with E-state index in [4.69, 9.17) is 9.47 Å². The summed E-state index contributed by atoms with van der Waals surface area (Å²) in [6, 6.07) is 13.9. The molecule has 1 aromatic heterocycles. The molecule has 0 spiro atoms. The van der Waals surface area contributed by atoms with Crippen molar-refractivity contribution in [2.45, 2.75) is 18.0 Å². The molecule has 1 heterocycles.